The third kappa shape index (κ3) is 8.72. The lowest BCUT2D eigenvalue weighted by Crippen LogP contribution is -2.41. The molecule has 2 N–H and O–H groups in total. The van der Waals surface area contributed by atoms with E-state index in [1.54, 1.807) is 14.0 Å². The second-order valence-electron chi connectivity index (χ2n) is 12.2. The van der Waals surface area contributed by atoms with Crippen molar-refractivity contribution in [3.63, 3.8) is 0 Å². The number of carbonyl (C=O) groups is 2. The Balaban J connectivity index is 0.000000854. The van der Waals surface area contributed by atoms with Crippen LogP contribution in [0.2, 0.25) is 5.02 Å². The quantitative estimate of drug-likeness (QED) is 0.244. The number of amides is 2. The van der Waals surface area contributed by atoms with E-state index in [-0.39, 0.29) is 24.0 Å². The molecule has 242 valence electrons. The van der Waals surface area contributed by atoms with Gasteiger partial charge >= 0.3 is 0 Å². The molecule has 1 heterocycles. The Labute approximate surface area is 273 Å². The van der Waals surface area contributed by atoms with Gasteiger partial charge in [-0.3, -0.25) is 9.59 Å². The van der Waals surface area contributed by atoms with Gasteiger partial charge in [0.25, 0.3) is 0 Å². The van der Waals surface area contributed by atoms with Crippen LogP contribution < -0.4 is 25.0 Å². The number of ether oxygens (including phenoxy) is 2. The second-order valence-corrected chi connectivity index (χ2v) is 12.6. The molecule has 2 atom stereocenters. The van der Waals surface area contributed by atoms with E-state index in [1.807, 2.05) is 35.2 Å². The first-order valence-electron chi connectivity index (χ1n) is 16.2. The summed E-state index contributed by atoms with van der Waals surface area (Å²) in [6, 6.07) is 20.0. The molecule has 1 unspecified atom stereocenters. The number of rotatable bonds is 10. The molecule has 3 aromatic rings. The van der Waals surface area contributed by atoms with Crippen molar-refractivity contribution < 1.29 is 19.1 Å². The van der Waals surface area contributed by atoms with E-state index in [4.69, 9.17) is 21.1 Å². The van der Waals surface area contributed by atoms with Crippen molar-refractivity contribution in [2.24, 2.45) is 11.7 Å². The Bertz CT molecular complexity index is 1420. The molecular formula is C37H48ClN3O4. The molecule has 2 amide bonds. The predicted molar refractivity (Wildman–Crippen MR) is 184 cm³/mol. The van der Waals surface area contributed by atoms with Crippen LogP contribution in [0.3, 0.4) is 0 Å². The average Bonchev–Trinajstić information content (AvgIpc) is 3.05. The van der Waals surface area contributed by atoms with E-state index in [1.165, 1.54) is 37.8 Å². The summed E-state index contributed by atoms with van der Waals surface area (Å²) >= 11 is 6.27. The van der Waals surface area contributed by atoms with Gasteiger partial charge in [0.15, 0.2) is 11.5 Å². The van der Waals surface area contributed by atoms with Crippen LogP contribution >= 0.6 is 11.6 Å². The Morgan fingerprint density at radius 2 is 1.67 bits per heavy atom. The van der Waals surface area contributed by atoms with Crippen molar-refractivity contribution >= 4 is 34.8 Å². The third-order valence-electron chi connectivity index (χ3n) is 8.85. The van der Waals surface area contributed by atoms with Crippen molar-refractivity contribution in [1.82, 2.24) is 0 Å². The van der Waals surface area contributed by atoms with Crippen molar-refractivity contribution in [1.29, 1.82) is 0 Å². The molecule has 5 rings (SSSR count). The fourth-order valence-electron chi connectivity index (χ4n) is 6.11. The highest BCUT2D eigenvalue weighted by Crippen LogP contribution is 2.44. The van der Waals surface area contributed by atoms with Gasteiger partial charge < -0.3 is 25.0 Å². The van der Waals surface area contributed by atoms with E-state index < -0.39 is 0 Å². The summed E-state index contributed by atoms with van der Waals surface area (Å²) in [4.78, 5) is 27.7. The fraction of sp³-hybridized carbons (Fsp3) is 0.459. The number of anilines is 2. The minimum atomic E-state index is -0.315. The first-order chi connectivity index (χ1) is 21.6. The molecule has 2 aliphatic rings. The Morgan fingerprint density at radius 3 is 2.24 bits per heavy atom. The number of hydrogen-bond donors (Lipinski definition) is 1. The summed E-state index contributed by atoms with van der Waals surface area (Å²) in [5.41, 5.74) is 9.71. The summed E-state index contributed by atoms with van der Waals surface area (Å²) in [6.07, 6.45) is 8.36. The molecular weight excluding hydrogens is 586 g/mol. The smallest absolute Gasteiger partial charge is 0.232 e. The van der Waals surface area contributed by atoms with Gasteiger partial charge in [-0.1, -0.05) is 56.8 Å². The van der Waals surface area contributed by atoms with Crippen molar-refractivity contribution in [2.75, 3.05) is 30.5 Å². The fourth-order valence-corrected chi connectivity index (χ4v) is 6.23. The van der Waals surface area contributed by atoms with Crippen LogP contribution in [0.4, 0.5) is 11.4 Å². The topological polar surface area (TPSA) is 85.1 Å². The lowest BCUT2D eigenvalue weighted by molar-refractivity contribution is -0.119. The highest BCUT2D eigenvalue weighted by atomic mass is 35.5. The molecule has 0 aromatic heterocycles. The van der Waals surface area contributed by atoms with Gasteiger partial charge in [0, 0.05) is 36.4 Å². The molecule has 8 heteroatoms. The SMILES string of the molecule is CCC(N)=O.CC[C@@H](C)Oc1cc2c(cc1OC)CC(=O)N(c1ccc(N(C)CC3CCCCC3)cc1)C2c1ccc(Cl)cc1. The molecule has 0 spiro atoms. The number of fused-ring (bicyclic) bond motifs is 1. The molecule has 0 bridgehead atoms. The third-order valence-corrected chi connectivity index (χ3v) is 9.10. The van der Waals surface area contributed by atoms with Crippen LogP contribution in [-0.2, 0) is 16.0 Å². The van der Waals surface area contributed by atoms with Crippen LogP contribution in [0.5, 0.6) is 11.5 Å². The van der Waals surface area contributed by atoms with E-state index in [9.17, 15) is 9.59 Å². The highest BCUT2D eigenvalue weighted by Gasteiger charge is 2.36. The molecule has 45 heavy (non-hydrogen) atoms. The van der Waals surface area contributed by atoms with Gasteiger partial charge in [0.1, 0.15) is 0 Å². The molecule has 1 aliphatic carbocycles. The van der Waals surface area contributed by atoms with Crippen LogP contribution in [0, 0.1) is 5.92 Å². The van der Waals surface area contributed by atoms with Gasteiger partial charge in [-0.05, 0) is 97.3 Å². The maximum Gasteiger partial charge on any atom is 0.232 e. The summed E-state index contributed by atoms with van der Waals surface area (Å²) < 4.78 is 12.0. The summed E-state index contributed by atoms with van der Waals surface area (Å²) in [7, 11) is 3.82. The summed E-state index contributed by atoms with van der Waals surface area (Å²) in [6.45, 7) is 6.95. The monoisotopic (exact) mass is 633 g/mol. The van der Waals surface area contributed by atoms with Gasteiger partial charge in [-0.2, -0.15) is 0 Å². The molecule has 1 fully saturated rings. The van der Waals surface area contributed by atoms with E-state index in [0.29, 0.717) is 29.4 Å². The Hall–Kier alpha value is -3.71. The molecule has 7 nitrogen and oxygen atoms in total. The number of methoxy groups -OCH3 is 1. The highest BCUT2D eigenvalue weighted by molar-refractivity contribution is 6.30. The number of halogens is 1. The van der Waals surface area contributed by atoms with Gasteiger partial charge in [-0.15, -0.1) is 0 Å². The lowest BCUT2D eigenvalue weighted by atomic mass is 9.86. The van der Waals surface area contributed by atoms with Crippen molar-refractivity contribution in [3.8, 4) is 11.5 Å². The van der Waals surface area contributed by atoms with Gasteiger partial charge in [0.05, 0.1) is 25.7 Å². The zero-order chi connectivity index (χ0) is 32.5. The van der Waals surface area contributed by atoms with E-state index in [2.05, 4.69) is 61.9 Å². The van der Waals surface area contributed by atoms with Gasteiger partial charge in [0.2, 0.25) is 11.8 Å². The number of nitrogens with two attached hydrogens (primary N) is 1. The number of primary amides is 1. The minimum absolute atomic E-state index is 0.0420. The standard InChI is InChI=1S/C34H41ClN2O3.C3H7NO/c1-5-23(2)40-32-21-30-26(19-31(32)39-4)20-33(38)37(34(30)25-11-13-27(35)14-12-25)29-17-15-28(16-18-29)36(3)22-24-9-7-6-8-10-24;1-2-3(4)5/h11-19,21,23-24,34H,5-10,20,22H2,1-4H3;2H2,1H3,(H2,4,5)/t23-,34?;/m1./s1. The number of nitrogens with zero attached hydrogens (tertiary/aromatic N) is 2. The van der Waals surface area contributed by atoms with Crippen LogP contribution in [0.15, 0.2) is 60.7 Å². The average molecular weight is 634 g/mol. The molecule has 0 saturated heterocycles. The van der Waals surface area contributed by atoms with Crippen molar-refractivity contribution in [3.05, 3.63) is 82.4 Å². The maximum atomic E-state index is 13.8. The normalized spacial score (nSPS) is 17.1. The number of benzene rings is 3. The Morgan fingerprint density at radius 1 is 1.02 bits per heavy atom. The van der Waals surface area contributed by atoms with Crippen molar-refractivity contribution in [2.45, 2.75) is 84.3 Å². The first kappa shape index (κ1) is 34.2. The maximum absolute atomic E-state index is 13.8. The minimum Gasteiger partial charge on any atom is -0.493 e. The molecule has 1 aliphatic heterocycles. The lowest BCUT2D eigenvalue weighted by Gasteiger charge is -2.38. The zero-order valence-corrected chi connectivity index (χ0v) is 28.1. The summed E-state index contributed by atoms with van der Waals surface area (Å²) in [5.74, 6) is 1.92. The van der Waals surface area contributed by atoms with E-state index >= 15 is 0 Å². The molecule has 3 aromatic carbocycles. The zero-order valence-electron chi connectivity index (χ0n) is 27.4. The van der Waals surface area contributed by atoms with Gasteiger partial charge in [-0.25, -0.2) is 0 Å². The number of hydrogen-bond acceptors (Lipinski definition) is 5. The largest absolute Gasteiger partial charge is 0.493 e. The number of carbonyl (C=O) groups excluding carboxylic acids is 2. The van der Waals surface area contributed by atoms with Crippen LogP contribution in [0.25, 0.3) is 0 Å². The Kier molecular flexibility index (Phi) is 12.2. The van der Waals surface area contributed by atoms with Crippen LogP contribution in [0.1, 0.15) is 88.4 Å². The second kappa shape index (κ2) is 16.0. The molecule has 1 saturated carbocycles. The summed E-state index contributed by atoms with van der Waals surface area (Å²) in [5, 5.41) is 0.665. The van der Waals surface area contributed by atoms with Crippen LogP contribution in [-0.4, -0.2) is 38.6 Å². The van der Waals surface area contributed by atoms with E-state index in [0.717, 1.165) is 41.3 Å². The predicted octanol–water partition coefficient (Wildman–Crippen LogP) is 8.10. The first-order valence-corrected chi connectivity index (χ1v) is 16.6. The molecule has 0 radical (unpaired) electrons.